The Morgan fingerprint density at radius 2 is 0.900 bits per heavy atom. The molecule has 0 spiro atoms. The summed E-state index contributed by atoms with van der Waals surface area (Å²) in [6.07, 6.45) is 20.5. The quantitative estimate of drug-likeness (QED) is 0.146. The molecule has 30 heavy (non-hydrogen) atoms. The van der Waals surface area contributed by atoms with E-state index in [9.17, 15) is 18.1 Å². The summed E-state index contributed by atoms with van der Waals surface area (Å²) < 4.78 is 34.5. The molecule has 0 aliphatic rings. The smallest absolute Gasteiger partial charge is 0.748 e. The summed E-state index contributed by atoms with van der Waals surface area (Å²) in [5, 5.41) is 9.33. The van der Waals surface area contributed by atoms with Crippen molar-refractivity contribution in [2.75, 3.05) is 0 Å². The van der Waals surface area contributed by atoms with Crippen LogP contribution in [0.2, 0.25) is 0 Å². The van der Waals surface area contributed by atoms with E-state index >= 15 is 0 Å². The zero-order chi connectivity index (χ0) is 21.8. The van der Waals surface area contributed by atoms with Crippen LogP contribution in [0.1, 0.15) is 142 Å². The average molecular weight is 473 g/mol. The first-order valence-corrected chi connectivity index (χ1v) is 14.0. The van der Waals surface area contributed by atoms with E-state index in [-0.39, 0.29) is 57.5 Å². The summed E-state index contributed by atoms with van der Waals surface area (Å²) in [6, 6.07) is 0. The third kappa shape index (κ3) is 22.7. The van der Waals surface area contributed by atoms with E-state index < -0.39 is 15.4 Å². The van der Waals surface area contributed by atoms with E-state index in [2.05, 4.69) is 13.8 Å². The van der Waals surface area contributed by atoms with Gasteiger partial charge < -0.3 is 9.66 Å². The third-order valence-corrected chi connectivity index (χ3v) is 7.28. The fourth-order valence-corrected chi connectivity index (χ4v) is 4.91. The van der Waals surface area contributed by atoms with Crippen LogP contribution in [0.15, 0.2) is 0 Å². The molecule has 0 saturated carbocycles. The minimum atomic E-state index is -4.17. The van der Waals surface area contributed by atoms with Crippen molar-refractivity contribution in [2.45, 2.75) is 154 Å². The number of aliphatic hydroxyl groups is 1. The Labute approximate surface area is 230 Å². The molecule has 1 N–H and O–H groups in total. The summed E-state index contributed by atoms with van der Waals surface area (Å²) in [5.41, 5.74) is 0. The van der Waals surface area contributed by atoms with E-state index in [1.165, 1.54) is 44.9 Å². The molecule has 0 aromatic carbocycles. The number of rotatable bonds is 22. The van der Waals surface area contributed by atoms with Gasteiger partial charge in [-0.05, 0) is 25.7 Å². The van der Waals surface area contributed by atoms with Gasteiger partial charge in [0.2, 0.25) is 0 Å². The molecule has 0 aliphatic carbocycles. The summed E-state index contributed by atoms with van der Waals surface area (Å²) in [7, 11) is -4.17. The van der Waals surface area contributed by atoms with Gasteiger partial charge >= 0.3 is 51.4 Å². The van der Waals surface area contributed by atoms with Gasteiger partial charge in [0.05, 0.1) is 16.2 Å². The van der Waals surface area contributed by atoms with Crippen molar-refractivity contribution in [3.8, 4) is 0 Å². The maximum atomic E-state index is 11.5. The normalized spacial score (nSPS) is 13.7. The minimum Gasteiger partial charge on any atom is -0.748 e. The van der Waals surface area contributed by atoms with Crippen LogP contribution in [-0.2, 0) is 10.1 Å². The molecule has 0 saturated heterocycles. The van der Waals surface area contributed by atoms with Gasteiger partial charge in [0.1, 0.15) is 0 Å². The van der Waals surface area contributed by atoms with Crippen LogP contribution in [-0.4, -0.2) is 29.4 Å². The van der Waals surface area contributed by atoms with Gasteiger partial charge in [-0.15, -0.1) is 0 Å². The molecule has 176 valence electrons. The predicted octanol–water partition coefficient (Wildman–Crippen LogP) is 4.11. The average Bonchev–Trinajstić information content (AvgIpc) is 2.67. The largest absolute Gasteiger partial charge is 1.00 e. The molecule has 2 unspecified atom stereocenters. The zero-order valence-corrected chi connectivity index (χ0v) is 24.3. The van der Waals surface area contributed by atoms with Crippen LogP contribution in [0.3, 0.4) is 0 Å². The molecule has 6 heteroatoms. The monoisotopic (exact) mass is 472 g/mol. The fraction of sp³-hybridized carbons (Fsp3) is 1.00. The summed E-state index contributed by atoms with van der Waals surface area (Å²) in [5.74, 6) is 0. The van der Waals surface area contributed by atoms with E-state index in [0.717, 1.165) is 70.6 Å². The van der Waals surface area contributed by atoms with Gasteiger partial charge in [0.15, 0.2) is 0 Å². The van der Waals surface area contributed by atoms with Gasteiger partial charge in [-0.1, -0.05) is 117 Å². The standard InChI is InChI=1S/C24H50O4S.K/c1-3-5-7-9-13-17-21-24(29(26,27)28)22-18-14-10-12-16-20-23(25)19-15-11-8-6-4-2;/h23-25H,3-22H2,1-2H3,(H,26,27,28);/q;+1/p-1. The Morgan fingerprint density at radius 1 is 0.600 bits per heavy atom. The topological polar surface area (TPSA) is 77.4 Å². The van der Waals surface area contributed by atoms with Crippen LogP contribution in [0.25, 0.3) is 0 Å². The van der Waals surface area contributed by atoms with Crippen molar-refractivity contribution in [1.82, 2.24) is 0 Å². The molecule has 0 radical (unpaired) electrons. The second-order valence-corrected chi connectivity index (χ2v) is 10.5. The van der Waals surface area contributed by atoms with Crippen LogP contribution < -0.4 is 51.4 Å². The molecule has 2 atom stereocenters. The molecular weight excluding hydrogens is 423 g/mol. The molecule has 0 aromatic heterocycles. The van der Waals surface area contributed by atoms with Crippen LogP contribution in [0, 0.1) is 0 Å². The molecule has 0 bridgehead atoms. The van der Waals surface area contributed by atoms with Crippen LogP contribution in [0.4, 0.5) is 0 Å². The maximum absolute atomic E-state index is 11.5. The Hall–Kier alpha value is 1.51. The number of unbranched alkanes of at least 4 members (excludes halogenated alkanes) is 13. The Bertz CT molecular complexity index is 442. The number of hydrogen-bond acceptors (Lipinski definition) is 4. The van der Waals surface area contributed by atoms with Crippen LogP contribution in [0.5, 0.6) is 0 Å². The first kappa shape index (κ1) is 33.7. The van der Waals surface area contributed by atoms with E-state index in [4.69, 9.17) is 0 Å². The molecular formula is C24H49KO4S. The summed E-state index contributed by atoms with van der Waals surface area (Å²) >= 11 is 0. The SMILES string of the molecule is CCCCCCCCC(CCCCCCCC(O)CCCCCCC)S(=O)(=O)[O-].[K+]. The zero-order valence-electron chi connectivity index (χ0n) is 20.4. The fourth-order valence-electron chi connectivity index (χ4n) is 4.00. The van der Waals surface area contributed by atoms with Gasteiger partial charge in [-0.25, -0.2) is 8.42 Å². The van der Waals surface area contributed by atoms with Gasteiger partial charge in [-0.2, -0.15) is 0 Å². The van der Waals surface area contributed by atoms with Gasteiger partial charge in [0.25, 0.3) is 0 Å². The van der Waals surface area contributed by atoms with Crippen LogP contribution >= 0.6 is 0 Å². The van der Waals surface area contributed by atoms with Crippen molar-refractivity contribution < 1.29 is 69.5 Å². The molecule has 0 aliphatic heterocycles. The molecule has 0 heterocycles. The number of hydrogen-bond donors (Lipinski definition) is 1. The first-order valence-electron chi connectivity index (χ1n) is 12.5. The number of aliphatic hydroxyl groups excluding tert-OH is 1. The molecule has 0 amide bonds. The first-order chi connectivity index (χ1) is 13.9. The summed E-state index contributed by atoms with van der Waals surface area (Å²) in [6.45, 7) is 4.39. The molecule has 4 nitrogen and oxygen atoms in total. The summed E-state index contributed by atoms with van der Waals surface area (Å²) in [4.78, 5) is 0. The Morgan fingerprint density at radius 3 is 1.23 bits per heavy atom. The van der Waals surface area contributed by atoms with Crippen molar-refractivity contribution in [1.29, 1.82) is 0 Å². The molecule has 0 aromatic rings. The van der Waals surface area contributed by atoms with Gasteiger partial charge in [-0.3, -0.25) is 0 Å². The Balaban J connectivity index is 0. The second kappa shape index (κ2) is 23.7. The third-order valence-electron chi connectivity index (χ3n) is 5.99. The maximum Gasteiger partial charge on any atom is 1.00 e. The molecule has 0 fully saturated rings. The predicted molar refractivity (Wildman–Crippen MR) is 123 cm³/mol. The minimum absolute atomic E-state index is 0. The Kier molecular flexibility index (Phi) is 26.6. The van der Waals surface area contributed by atoms with Crippen molar-refractivity contribution >= 4 is 10.1 Å². The van der Waals surface area contributed by atoms with Crippen molar-refractivity contribution in [2.24, 2.45) is 0 Å². The molecule has 0 rings (SSSR count). The second-order valence-electron chi connectivity index (χ2n) is 8.87. The van der Waals surface area contributed by atoms with Crippen molar-refractivity contribution in [3.63, 3.8) is 0 Å². The van der Waals surface area contributed by atoms with Crippen molar-refractivity contribution in [3.05, 3.63) is 0 Å². The van der Waals surface area contributed by atoms with E-state index in [1.807, 2.05) is 0 Å². The van der Waals surface area contributed by atoms with Gasteiger partial charge in [0, 0.05) is 5.25 Å². The van der Waals surface area contributed by atoms with E-state index in [1.54, 1.807) is 0 Å². The van der Waals surface area contributed by atoms with E-state index in [0.29, 0.717) is 12.8 Å².